The van der Waals surface area contributed by atoms with E-state index in [0.717, 1.165) is 59.1 Å². The molecule has 0 radical (unpaired) electrons. The van der Waals surface area contributed by atoms with Gasteiger partial charge in [-0.15, -0.1) is 11.3 Å². The normalized spacial score (nSPS) is 18.0. The van der Waals surface area contributed by atoms with Crippen molar-refractivity contribution in [1.29, 1.82) is 0 Å². The first-order chi connectivity index (χ1) is 14.1. The van der Waals surface area contributed by atoms with E-state index in [2.05, 4.69) is 50.7 Å². The summed E-state index contributed by atoms with van der Waals surface area (Å²) in [5, 5.41) is 17.8. The van der Waals surface area contributed by atoms with E-state index in [1.807, 2.05) is 6.20 Å². The topological polar surface area (TPSA) is 92.2 Å². The first-order valence-electron chi connectivity index (χ1n) is 9.86. The number of hydrogen-bond acceptors (Lipinski definition) is 8. The highest BCUT2D eigenvalue weighted by Crippen LogP contribution is 2.44. The van der Waals surface area contributed by atoms with E-state index in [0.29, 0.717) is 11.8 Å². The summed E-state index contributed by atoms with van der Waals surface area (Å²) in [6.07, 6.45) is 6.38. The van der Waals surface area contributed by atoms with Gasteiger partial charge in [-0.05, 0) is 49.4 Å². The Morgan fingerprint density at radius 1 is 1.24 bits per heavy atom. The van der Waals surface area contributed by atoms with Crippen LogP contribution < -0.4 is 15.4 Å². The molecular weight excluding hydrogens is 386 g/mol. The number of aliphatic hydroxyl groups is 1. The number of anilines is 2. The molecule has 1 aliphatic heterocycles. The molecule has 0 atom stereocenters. The van der Waals surface area contributed by atoms with Crippen molar-refractivity contribution in [3.05, 3.63) is 47.2 Å². The highest BCUT2D eigenvalue weighted by Gasteiger charge is 2.39. The quantitative estimate of drug-likeness (QED) is 0.575. The fraction of sp³-hybridized carbons (Fsp3) is 0.381. The molecule has 0 bridgehead atoms. The number of hydrogen-bond donors (Lipinski definition) is 3. The summed E-state index contributed by atoms with van der Waals surface area (Å²) >= 11 is 1.56. The number of rotatable bonds is 6. The average Bonchev–Trinajstić information content (AvgIpc) is 3.13. The SMILES string of the molecule is Cc1cc(Nc2nccc(OC3CNC3)n2)cc(-c2cnc(C3(O)CCC3)s2)c1. The van der Waals surface area contributed by atoms with Crippen molar-refractivity contribution >= 4 is 23.0 Å². The molecule has 1 aliphatic carbocycles. The number of aryl methyl sites for hydroxylation is 1. The second-order valence-electron chi connectivity index (χ2n) is 7.74. The molecule has 3 N–H and O–H groups in total. The van der Waals surface area contributed by atoms with Gasteiger partial charge in [0.25, 0.3) is 0 Å². The molecule has 3 aromatic rings. The number of benzene rings is 1. The lowest BCUT2D eigenvalue weighted by atomic mass is 9.81. The summed E-state index contributed by atoms with van der Waals surface area (Å²) in [5.41, 5.74) is 2.36. The average molecular weight is 410 g/mol. The van der Waals surface area contributed by atoms with Crippen LogP contribution in [0.15, 0.2) is 36.7 Å². The molecule has 7 nitrogen and oxygen atoms in total. The van der Waals surface area contributed by atoms with E-state index in [1.165, 1.54) is 0 Å². The van der Waals surface area contributed by atoms with Crippen LogP contribution >= 0.6 is 11.3 Å². The van der Waals surface area contributed by atoms with Crippen LogP contribution in [0.4, 0.5) is 11.6 Å². The Kier molecular flexibility index (Phi) is 4.69. The highest BCUT2D eigenvalue weighted by atomic mass is 32.1. The van der Waals surface area contributed by atoms with E-state index >= 15 is 0 Å². The van der Waals surface area contributed by atoms with Gasteiger partial charge in [-0.2, -0.15) is 4.98 Å². The van der Waals surface area contributed by atoms with Gasteiger partial charge < -0.3 is 20.5 Å². The van der Waals surface area contributed by atoms with Gasteiger partial charge in [0.05, 0.1) is 4.88 Å². The number of nitrogens with one attached hydrogen (secondary N) is 2. The third kappa shape index (κ3) is 3.83. The molecule has 29 heavy (non-hydrogen) atoms. The van der Waals surface area contributed by atoms with Gasteiger partial charge in [0, 0.05) is 37.2 Å². The Morgan fingerprint density at radius 3 is 2.83 bits per heavy atom. The summed E-state index contributed by atoms with van der Waals surface area (Å²) in [7, 11) is 0. The smallest absolute Gasteiger partial charge is 0.230 e. The first-order valence-corrected chi connectivity index (χ1v) is 10.7. The zero-order chi connectivity index (χ0) is 19.8. The van der Waals surface area contributed by atoms with Crippen molar-refractivity contribution in [3.8, 4) is 16.3 Å². The lowest BCUT2D eigenvalue weighted by molar-refractivity contribution is -0.0389. The maximum absolute atomic E-state index is 10.6. The molecule has 2 fully saturated rings. The standard InChI is InChI=1S/C21H23N5O2S/c1-13-7-14(17-12-24-19(29-17)21(27)4-2-5-21)9-15(8-13)25-20-23-6-3-18(26-20)28-16-10-22-11-16/h3,6-9,12,16,22,27H,2,4-5,10-11H2,1H3,(H,23,25,26). The first kappa shape index (κ1) is 18.5. The Hall–Kier alpha value is -2.55. The molecule has 0 spiro atoms. The van der Waals surface area contributed by atoms with Crippen molar-refractivity contribution < 1.29 is 9.84 Å². The zero-order valence-corrected chi connectivity index (χ0v) is 17.0. The third-order valence-electron chi connectivity index (χ3n) is 5.36. The largest absolute Gasteiger partial charge is 0.472 e. The molecule has 3 heterocycles. The predicted molar refractivity (Wildman–Crippen MR) is 113 cm³/mol. The van der Waals surface area contributed by atoms with Gasteiger partial charge >= 0.3 is 0 Å². The van der Waals surface area contributed by atoms with E-state index in [-0.39, 0.29) is 6.10 Å². The molecular formula is C21H23N5O2S. The van der Waals surface area contributed by atoms with Crippen molar-refractivity contribution in [3.63, 3.8) is 0 Å². The summed E-state index contributed by atoms with van der Waals surface area (Å²) in [6, 6.07) is 8.01. The minimum absolute atomic E-state index is 0.175. The maximum Gasteiger partial charge on any atom is 0.230 e. The Morgan fingerprint density at radius 2 is 2.10 bits per heavy atom. The lowest BCUT2D eigenvalue weighted by Crippen LogP contribution is -2.50. The molecule has 0 amide bonds. The van der Waals surface area contributed by atoms with Crippen LogP contribution in [0.5, 0.6) is 5.88 Å². The van der Waals surface area contributed by atoms with Gasteiger partial charge in [0.2, 0.25) is 11.8 Å². The van der Waals surface area contributed by atoms with Crippen LogP contribution in [0.2, 0.25) is 0 Å². The monoisotopic (exact) mass is 409 g/mol. The predicted octanol–water partition coefficient (Wildman–Crippen LogP) is 3.37. The van der Waals surface area contributed by atoms with E-state index in [9.17, 15) is 5.11 Å². The van der Waals surface area contributed by atoms with E-state index < -0.39 is 5.60 Å². The summed E-state index contributed by atoms with van der Waals surface area (Å²) in [6.45, 7) is 3.75. The number of thiazole rings is 1. The Balaban J connectivity index is 1.36. The van der Waals surface area contributed by atoms with Crippen molar-refractivity contribution in [2.24, 2.45) is 0 Å². The van der Waals surface area contributed by atoms with Gasteiger partial charge in [0.1, 0.15) is 16.7 Å². The molecule has 2 aromatic heterocycles. The summed E-state index contributed by atoms with van der Waals surface area (Å²) < 4.78 is 5.81. The van der Waals surface area contributed by atoms with Crippen LogP contribution in [0.25, 0.3) is 10.4 Å². The minimum Gasteiger partial charge on any atom is -0.472 e. The van der Waals surface area contributed by atoms with Gasteiger partial charge in [-0.3, -0.25) is 0 Å². The molecule has 1 saturated heterocycles. The molecule has 0 unspecified atom stereocenters. The van der Waals surface area contributed by atoms with Gasteiger partial charge in [0.15, 0.2) is 0 Å². The van der Waals surface area contributed by atoms with Crippen LogP contribution in [0.3, 0.4) is 0 Å². The maximum atomic E-state index is 10.6. The number of nitrogens with zero attached hydrogens (tertiary/aromatic N) is 3. The lowest BCUT2D eigenvalue weighted by Gasteiger charge is -2.34. The van der Waals surface area contributed by atoms with Crippen molar-refractivity contribution in [2.75, 3.05) is 18.4 Å². The number of aromatic nitrogens is 3. The summed E-state index contributed by atoms with van der Waals surface area (Å²) in [4.78, 5) is 14.3. The molecule has 1 saturated carbocycles. The molecule has 1 aromatic carbocycles. The van der Waals surface area contributed by atoms with Gasteiger partial charge in [-0.1, -0.05) is 6.07 Å². The Bertz CT molecular complexity index is 1030. The third-order valence-corrected chi connectivity index (χ3v) is 6.60. The van der Waals surface area contributed by atoms with Crippen molar-refractivity contribution in [1.82, 2.24) is 20.3 Å². The van der Waals surface area contributed by atoms with E-state index in [4.69, 9.17) is 4.74 Å². The molecule has 5 rings (SSSR count). The molecule has 2 aliphatic rings. The fourth-order valence-corrected chi connectivity index (χ4v) is 4.51. The fourth-order valence-electron chi connectivity index (χ4n) is 3.46. The molecule has 150 valence electrons. The summed E-state index contributed by atoms with van der Waals surface area (Å²) in [5.74, 6) is 1.07. The second-order valence-corrected chi connectivity index (χ2v) is 8.77. The van der Waals surface area contributed by atoms with Crippen LogP contribution in [0.1, 0.15) is 29.8 Å². The van der Waals surface area contributed by atoms with Crippen LogP contribution in [-0.2, 0) is 5.60 Å². The number of ether oxygens (including phenoxy) is 1. The highest BCUT2D eigenvalue weighted by molar-refractivity contribution is 7.15. The zero-order valence-electron chi connectivity index (χ0n) is 16.2. The molecule has 8 heteroatoms. The Labute approximate surface area is 173 Å². The minimum atomic E-state index is -0.724. The van der Waals surface area contributed by atoms with E-state index in [1.54, 1.807) is 23.6 Å². The van der Waals surface area contributed by atoms with Crippen LogP contribution in [0, 0.1) is 6.92 Å². The second kappa shape index (κ2) is 7.37. The van der Waals surface area contributed by atoms with Crippen molar-refractivity contribution in [2.45, 2.75) is 37.9 Å². The van der Waals surface area contributed by atoms with Gasteiger partial charge in [-0.25, -0.2) is 9.97 Å². The van der Waals surface area contributed by atoms with Crippen LogP contribution in [-0.4, -0.2) is 39.3 Å².